The fourth-order valence-electron chi connectivity index (χ4n) is 4.23. The molecule has 1 heterocycles. The summed E-state index contributed by atoms with van der Waals surface area (Å²) in [5.41, 5.74) is 3.64. The number of carbonyl (C=O) groups excluding carboxylic acids is 3. The van der Waals surface area contributed by atoms with Gasteiger partial charge in [0.25, 0.3) is 5.91 Å². The Balaban J connectivity index is 1.39. The Bertz CT molecular complexity index is 1250. The number of anilines is 2. The van der Waals surface area contributed by atoms with Crippen LogP contribution in [0.1, 0.15) is 41.8 Å². The molecular formula is C29H31N3O4. The molecule has 3 amide bonds. The summed E-state index contributed by atoms with van der Waals surface area (Å²) in [5, 5.41) is 5.78. The van der Waals surface area contributed by atoms with E-state index in [1.165, 1.54) is 0 Å². The molecule has 1 saturated heterocycles. The van der Waals surface area contributed by atoms with Gasteiger partial charge in [-0.1, -0.05) is 42.0 Å². The molecule has 0 aromatic heterocycles. The average Bonchev–Trinajstić information content (AvgIpc) is 3.25. The van der Waals surface area contributed by atoms with E-state index < -0.39 is 5.92 Å². The summed E-state index contributed by atoms with van der Waals surface area (Å²) in [7, 11) is 0. The lowest BCUT2D eigenvalue weighted by atomic mass is 10.1. The van der Waals surface area contributed by atoms with Crippen molar-refractivity contribution in [1.82, 2.24) is 5.32 Å². The van der Waals surface area contributed by atoms with Crippen LogP contribution >= 0.6 is 0 Å². The van der Waals surface area contributed by atoms with E-state index in [2.05, 4.69) is 10.6 Å². The molecule has 186 valence electrons. The van der Waals surface area contributed by atoms with Crippen molar-refractivity contribution in [2.75, 3.05) is 16.8 Å². The van der Waals surface area contributed by atoms with Gasteiger partial charge in [-0.2, -0.15) is 0 Å². The van der Waals surface area contributed by atoms with Gasteiger partial charge in [0, 0.05) is 25.2 Å². The minimum atomic E-state index is -0.521. The lowest BCUT2D eigenvalue weighted by Crippen LogP contribution is -2.29. The number of hydrogen-bond acceptors (Lipinski definition) is 4. The molecule has 1 fully saturated rings. The van der Waals surface area contributed by atoms with Crippen molar-refractivity contribution in [1.29, 1.82) is 0 Å². The van der Waals surface area contributed by atoms with Crippen molar-refractivity contribution in [2.45, 2.75) is 39.8 Å². The van der Waals surface area contributed by atoms with Crippen LogP contribution in [0, 0.1) is 12.8 Å². The van der Waals surface area contributed by atoms with Gasteiger partial charge in [-0.3, -0.25) is 14.4 Å². The summed E-state index contributed by atoms with van der Waals surface area (Å²) in [6.45, 7) is 6.56. The Labute approximate surface area is 211 Å². The van der Waals surface area contributed by atoms with Crippen molar-refractivity contribution in [3.05, 3.63) is 89.5 Å². The molecule has 2 N–H and O–H groups in total. The fraction of sp³-hybridized carbons (Fsp3) is 0.276. The van der Waals surface area contributed by atoms with E-state index >= 15 is 0 Å². The van der Waals surface area contributed by atoms with E-state index in [1.807, 2.05) is 69.3 Å². The largest absolute Gasteiger partial charge is 0.491 e. The van der Waals surface area contributed by atoms with Crippen LogP contribution in [0.5, 0.6) is 5.75 Å². The lowest BCUT2D eigenvalue weighted by molar-refractivity contribution is -0.122. The molecule has 3 aromatic rings. The van der Waals surface area contributed by atoms with Crippen LogP contribution in [0.15, 0.2) is 72.8 Å². The second-order valence-electron chi connectivity index (χ2n) is 9.27. The summed E-state index contributed by atoms with van der Waals surface area (Å²) in [6, 6.07) is 22.1. The number of carbonyl (C=O) groups is 3. The second kappa shape index (κ2) is 11.1. The smallest absolute Gasteiger partial charge is 0.253 e. The van der Waals surface area contributed by atoms with Crippen LogP contribution < -0.4 is 20.3 Å². The summed E-state index contributed by atoms with van der Waals surface area (Å²) in [5.74, 6) is -0.471. The molecule has 0 aliphatic carbocycles. The van der Waals surface area contributed by atoms with E-state index in [9.17, 15) is 14.4 Å². The van der Waals surface area contributed by atoms with Crippen molar-refractivity contribution < 1.29 is 19.1 Å². The monoisotopic (exact) mass is 485 g/mol. The molecular weight excluding hydrogens is 454 g/mol. The predicted octanol–water partition coefficient (Wildman–Crippen LogP) is 4.70. The zero-order chi connectivity index (χ0) is 25.7. The van der Waals surface area contributed by atoms with E-state index in [0.29, 0.717) is 17.8 Å². The van der Waals surface area contributed by atoms with Gasteiger partial charge in [0.2, 0.25) is 11.8 Å². The van der Waals surface area contributed by atoms with E-state index in [-0.39, 0.29) is 36.8 Å². The first-order valence-electron chi connectivity index (χ1n) is 12.1. The Hall–Kier alpha value is -4.13. The Morgan fingerprint density at radius 3 is 2.50 bits per heavy atom. The molecule has 0 spiro atoms. The van der Waals surface area contributed by atoms with Crippen molar-refractivity contribution in [3.63, 3.8) is 0 Å². The number of benzene rings is 3. The minimum absolute atomic E-state index is 0.0600. The third kappa shape index (κ3) is 6.10. The van der Waals surface area contributed by atoms with Crippen molar-refractivity contribution in [2.24, 2.45) is 5.92 Å². The highest BCUT2D eigenvalue weighted by Crippen LogP contribution is 2.28. The molecule has 36 heavy (non-hydrogen) atoms. The molecule has 0 bridgehead atoms. The first-order chi connectivity index (χ1) is 17.3. The normalized spacial score (nSPS) is 15.2. The van der Waals surface area contributed by atoms with Gasteiger partial charge in [-0.25, -0.2) is 0 Å². The van der Waals surface area contributed by atoms with Crippen LogP contribution in [0.2, 0.25) is 0 Å². The fourth-order valence-corrected chi connectivity index (χ4v) is 4.23. The zero-order valence-electron chi connectivity index (χ0n) is 20.8. The highest BCUT2D eigenvalue weighted by atomic mass is 16.5. The first kappa shape index (κ1) is 25.0. The van der Waals surface area contributed by atoms with Gasteiger partial charge in [0.05, 0.1) is 23.3 Å². The van der Waals surface area contributed by atoms with E-state index in [4.69, 9.17) is 4.74 Å². The van der Waals surface area contributed by atoms with Gasteiger partial charge in [0.15, 0.2) is 0 Å². The van der Waals surface area contributed by atoms with Gasteiger partial charge in [0.1, 0.15) is 5.75 Å². The van der Waals surface area contributed by atoms with Crippen LogP contribution in [0.4, 0.5) is 11.4 Å². The van der Waals surface area contributed by atoms with E-state index in [0.717, 1.165) is 22.6 Å². The van der Waals surface area contributed by atoms with Crippen LogP contribution in [-0.4, -0.2) is 30.4 Å². The Morgan fingerprint density at radius 1 is 1.03 bits per heavy atom. The summed E-state index contributed by atoms with van der Waals surface area (Å²) < 4.78 is 5.66. The third-order valence-corrected chi connectivity index (χ3v) is 5.98. The number of para-hydroxylation sites is 1. The van der Waals surface area contributed by atoms with Gasteiger partial charge in [-0.15, -0.1) is 0 Å². The Morgan fingerprint density at radius 2 is 1.78 bits per heavy atom. The second-order valence-corrected chi connectivity index (χ2v) is 9.27. The number of rotatable bonds is 8. The van der Waals surface area contributed by atoms with Crippen molar-refractivity contribution >= 4 is 29.1 Å². The van der Waals surface area contributed by atoms with Gasteiger partial charge < -0.3 is 20.3 Å². The lowest BCUT2D eigenvalue weighted by Gasteiger charge is -2.18. The summed E-state index contributed by atoms with van der Waals surface area (Å²) in [4.78, 5) is 40.2. The summed E-state index contributed by atoms with van der Waals surface area (Å²) in [6.07, 6.45) is 0.169. The van der Waals surface area contributed by atoms with Gasteiger partial charge in [-0.05, 0) is 62.7 Å². The maximum Gasteiger partial charge on any atom is 0.253 e. The Kier molecular flexibility index (Phi) is 7.68. The standard InChI is InChI=1S/C29H31N3O4/c1-19(2)36-24-13-11-23(12-14-24)32-18-22(16-27(32)33)28(34)31-26-10-5-4-9-25(26)29(35)30-17-21-8-6-7-20(3)15-21/h4-15,19,22H,16-18H2,1-3H3,(H,30,35)(H,31,34)/t22-/m1/s1. The van der Waals surface area contributed by atoms with E-state index in [1.54, 1.807) is 29.2 Å². The quantitative estimate of drug-likeness (QED) is 0.484. The maximum atomic E-state index is 13.1. The minimum Gasteiger partial charge on any atom is -0.491 e. The number of aryl methyl sites for hydroxylation is 1. The SMILES string of the molecule is Cc1cccc(CNC(=O)c2ccccc2NC(=O)[C@@H]2CC(=O)N(c3ccc(OC(C)C)cc3)C2)c1. The molecule has 1 atom stereocenters. The van der Waals surface area contributed by atoms with Crippen LogP contribution in [-0.2, 0) is 16.1 Å². The number of hydrogen-bond donors (Lipinski definition) is 2. The maximum absolute atomic E-state index is 13.1. The number of ether oxygens (including phenoxy) is 1. The molecule has 0 saturated carbocycles. The molecule has 0 unspecified atom stereocenters. The topological polar surface area (TPSA) is 87.7 Å². The molecule has 1 aliphatic heterocycles. The number of nitrogens with one attached hydrogen (secondary N) is 2. The zero-order valence-corrected chi connectivity index (χ0v) is 20.8. The molecule has 7 nitrogen and oxygen atoms in total. The number of amides is 3. The van der Waals surface area contributed by atoms with Gasteiger partial charge >= 0.3 is 0 Å². The van der Waals surface area contributed by atoms with Crippen molar-refractivity contribution in [3.8, 4) is 5.75 Å². The molecule has 4 rings (SSSR count). The average molecular weight is 486 g/mol. The third-order valence-electron chi connectivity index (χ3n) is 5.98. The highest BCUT2D eigenvalue weighted by Gasteiger charge is 2.35. The molecule has 3 aromatic carbocycles. The van der Waals surface area contributed by atoms with Crippen LogP contribution in [0.25, 0.3) is 0 Å². The summed E-state index contributed by atoms with van der Waals surface area (Å²) >= 11 is 0. The number of nitrogens with zero attached hydrogens (tertiary/aromatic N) is 1. The highest BCUT2D eigenvalue weighted by molar-refractivity contribution is 6.07. The van der Waals surface area contributed by atoms with Crippen LogP contribution in [0.3, 0.4) is 0 Å². The predicted molar refractivity (Wildman–Crippen MR) is 140 cm³/mol. The first-order valence-corrected chi connectivity index (χ1v) is 12.1. The molecule has 1 aliphatic rings. The molecule has 7 heteroatoms. The molecule has 0 radical (unpaired) electrons.